The number of hydrogen-bond donors (Lipinski definition) is 0. The number of piperazine rings is 1. The summed E-state index contributed by atoms with van der Waals surface area (Å²) in [6.45, 7) is 7.13. The summed E-state index contributed by atoms with van der Waals surface area (Å²) in [7, 11) is -1.59. The number of rotatable bonds is 4. The molecule has 8 heteroatoms. The average molecular weight is 584 g/mol. The molecule has 0 aromatic heterocycles. The lowest BCUT2D eigenvalue weighted by molar-refractivity contribution is 0.0746. The molecule has 208 valence electrons. The van der Waals surface area contributed by atoms with Crippen LogP contribution in [0.2, 0.25) is 5.02 Å². The van der Waals surface area contributed by atoms with Crippen LogP contribution >= 0.6 is 11.6 Å². The fourth-order valence-electron chi connectivity index (χ4n) is 5.58. The number of hydrogen-bond acceptors (Lipinski definition) is 4. The number of benzene rings is 4. The summed E-state index contributed by atoms with van der Waals surface area (Å²) < 4.78 is 13.7. The number of amides is 2. The zero-order valence-corrected chi connectivity index (χ0v) is 24.5. The molecule has 1 saturated heterocycles. The molecule has 41 heavy (non-hydrogen) atoms. The first-order chi connectivity index (χ1) is 19.8. The fourth-order valence-corrected chi connectivity index (χ4v) is 7.14. The lowest BCUT2D eigenvalue weighted by atomic mass is 10.1. The van der Waals surface area contributed by atoms with Crippen LogP contribution < -0.4 is 9.80 Å². The van der Waals surface area contributed by atoms with Crippen LogP contribution in [0.3, 0.4) is 0 Å². The highest BCUT2D eigenvalue weighted by Gasteiger charge is 2.32. The van der Waals surface area contributed by atoms with E-state index in [9.17, 15) is 13.8 Å². The van der Waals surface area contributed by atoms with Gasteiger partial charge in [0, 0.05) is 42.5 Å². The Hall–Kier alpha value is -3.94. The van der Waals surface area contributed by atoms with Crippen LogP contribution in [-0.4, -0.2) is 47.1 Å². The van der Waals surface area contributed by atoms with Gasteiger partial charge in [0.25, 0.3) is 11.8 Å². The number of carbonyl (C=O) groups excluding carboxylic acids is 2. The largest absolute Gasteiger partial charge is 0.368 e. The molecule has 2 aliphatic heterocycles. The van der Waals surface area contributed by atoms with Crippen molar-refractivity contribution in [3.05, 3.63) is 118 Å². The summed E-state index contributed by atoms with van der Waals surface area (Å²) in [5.41, 5.74) is 5.89. The summed E-state index contributed by atoms with van der Waals surface area (Å²) >= 11 is 6.25. The highest BCUT2D eigenvalue weighted by atomic mass is 35.5. The second kappa shape index (κ2) is 11.1. The number of halogens is 1. The molecule has 1 atom stereocenters. The Morgan fingerprint density at radius 1 is 0.829 bits per heavy atom. The van der Waals surface area contributed by atoms with Gasteiger partial charge in [-0.2, -0.15) is 0 Å². The van der Waals surface area contributed by atoms with E-state index in [2.05, 4.69) is 36.9 Å². The van der Waals surface area contributed by atoms with Crippen molar-refractivity contribution in [2.75, 3.05) is 36.0 Å². The standard InChI is InChI=1S/C33H30ClN3O3S/c1-22-7-5-11-28(23(22)2)35-15-17-36(18-16-35)32(38)25-13-14-31-29(20-25)37(21-24-8-6-9-26(34)19-24)33(39)27-10-3-4-12-30(27)41(31)40/h3-14,19-20H,15-18,21H2,1-2H3/t41-/m0/s1. The minimum absolute atomic E-state index is 0.101. The molecule has 2 heterocycles. The van der Waals surface area contributed by atoms with Crippen molar-refractivity contribution in [1.82, 2.24) is 4.90 Å². The molecular formula is C33H30ClN3O3S. The van der Waals surface area contributed by atoms with Gasteiger partial charge in [0.15, 0.2) is 0 Å². The zero-order valence-electron chi connectivity index (χ0n) is 23.0. The van der Waals surface area contributed by atoms with E-state index >= 15 is 0 Å². The van der Waals surface area contributed by atoms with Crippen LogP contribution in [-0.2, 0) is 17.3 Å². The predicted octanol–water partition coefficient (Wildman–Crippen LogP) is 6.25. The Morgan fingerprint density at radius 2 is 1.59 bits per heavy atom. The summed E-state index contributed by atoms with van der Waals surface area (Å²) in [6.07, 6.45) is 0. The van der Waals surface area contributed by atoms with Crippen LogP contribution in [0.4, 0.5) is 11.4 Å². The van der Waals surface area contributed by atoms with E-state index in [-0.39, 0.29) is 18.4 Å². The summed E-state index contributed by atoms with van der Waals surface area (Å²) in [5, 5.41) is 0.567. The Labute approximate surface area is 247 Å². The normalized spacial score (nSPS) is 16.7. The Balaban J connectivity index is 1.32. The van der Waals surface area contributed by atoms with Crippen molar-refractivity contribution in [2.24, 2.45) is 0 Å². The molecule has 4 aromatic carbocycles. The second-order valence-electron chi connectivity index (χ2n) is 10.5. The van der Waals surface area contributed by atoms with E-state index in [0.717, 1.165) is 18.7 Å². The summed E-state index contributed by atoms with van der Waals surface area (Å²) in [4.78, 5) is 34.4. The van der Waals surface area contributed by atoms with E-state index in [0.29, 0.717) is 44.7 Å². The van der Waals surface area contributed by atoms with Crippen LogP contribution in [0.25, 0.3) is 0 Å². The van der Waals surface area contributed by atoms with Gasteiger partial charge in [-0.1, -0.05) is 48.0 Å². The van der Waals surface area contributed by atoms with Crippen molar-refractivity contribution in [2.45, 2.75) is 30.2 Å². The molecule has 0 radical (unpaired) electrons. The van der Waals surface area contributed by atoms with Gasteiger partial charge in [0.1, 0.15) is 0 Å². The first-order valence-electron chi connectivity index (χ1n) is 13.6. The second-order valence-corrected chi connectivity index (χ2v) is 12.3. The van der Waals surface area contributed by atoms with E-state index in [1.54, 1.807) is 53.4 Å². The first kappa shape index (κ1) is 27.2. The fraction of sp³-hybridized carbons (Fsp3) is 0.212. The molecule has 0 saturated carbocycles. The molecule has 4 aromatic rings. The van der Waals surface area contributed by atoms with E-state index in [4.69, 9.17) is 11.6 Å². The third kappa shape index (κ3) is 5.16. The highest BCUT2D eigenvalue weighted by molar-refractivity contribution is 7.85. The molecule has 6 rings (SSSR count). The van der Waals surface area contributed by atoms with Gasteiger partial charge < -0.3 is 14.7 Å². The maximum atomic E-state index is 13.9. The topological polar surface area (TPSA) is 60.9 Å². The van der Waals surface area contributed by atoms with Crippen molar-refractivity contribution >= 4 is 45.6 Å². The summed E-state index contributed by atoms with van der Waals surface area (Å²) in [6, 6.07) is 25.8. The molecule has 0 bridgehead atoms. The number of fused-ring (bicyclic) bond motifs is 2. The first-order valence-corrected chi connectivity index (χ1v) is 15.2. The van der Waals surface area contributed by atoms with Gasteiger partial charge in [-0.15, -0.1) is 0 Å². The lowest BCUT2D eigenvalue weighted by Crippen LogP contribution is -2.49. The van der Waals surface area contributed by atoms with Crippen molar-refractivity contribution in [3.63, 3.8) is 0 Å². The molecule has 2 aliphatic rings. The number of nitrogens with zero attached hydrogens (tertiary/aromatic N) is 3. The van der Waals surface area contributed by atoms with Crippen molar-refractivity contribution < 1.29 is 13.8 Å². The smallest absolute Gasteiger partial charge is 0.259 e. The summed E-state index contributed by atoms with van der Waals surface area (Å²) in [5.74, 6) is -0.365. The van der Waals surface area contributed by atoms with Gasteiger partial charge >= 0.3 is 0 Å². The molecule has 6 nitrogen and oxygen atoms in total. The lowest BCUT2D eigenvalue weighted by Gasteiger charge is -2.37. The molecule has 0 unspecified atom stereocenters. The van der Waals surface area contributed by atoms with E-state index in [1.165, 1.54) is 16.8 Å². The van der Waals surface area contributed by atoms with Crippen LogP contribution in [0.5, 0.6) is 0 Å². The van der Waals surface area contributed by atoms with Gasteiger partial charge in [0.2, 0.25) is 0 Å². The van der Waals surface area contributed by atoms with Gasteiger partial charge in [-0.05, 0) is 79.1 Å². The van der Waals surface area contributed by atoms with E-state index < -0.39 is 10.8 Å². The zero-order chi connectivity index (χ0) is 28.7. The molecule has 0 aliphatic carbocycles. The Morgan fingerprint density at radius 3 is 2.37 bits per heavy atom. The minimum atomic E-state index is -1.59. The predicted molar refractivity (Wildman–Crippen MR) is 164 cm³/mol. The number of carbonyl (C=O) groups is 2. The molecule has 0 N–H and O–H groups in total. The SMILES string of the molecule is Cc1cccc(N2CCN(C(=O)c3ccc4c(c3)N(Cc3cccc(Cl)c3)C(=O)c3ccccc3[S@@]4=O)CC2)c1C. The van der Waals surface area contributed by atoms with Crippen LogP contribution in [0.15, 0.2) is 94.7 Å². The van der Waals surface area contributed by atoms with Gasteiger partial charge in [-0.3, -0.25) is 9.59 Å². The number of aryl methyl sites for hydroxylation is 1. The maximum Gasteiger partial charge on any atom is 0.259 e. The Kier molecular flexibility index (Phi) is 7.41. The number of anilines is 2. The molecule has 2 amide bonds. The molecular weight excluding hydrogens is 554 g/mol. The third-order valence-electron chi connectivity index (χ3n) is 7.97. The highest BCUT2D eigenvalue weighted by Crippen LogP contribution is 2.36. The van der Waals surface area contributed by atoms with Crippen LogP contribution in [0.1, 0.15) is 37.4 Å². The maximum absolute atomic E-state index is 13.9. The van der Waals surface area contributed by atoms with Gasteiger partial charge in [0.05, 0.1) is 38.4 Å². The average Bonchev–Trinajstić information content (AvgIpc) is 3.07. The minimum Gasteiger partial charge on any atom is -0.368 e. The molecule has 1 fully saturated rings. The van der Waals surface area contributed by atoms with Crippen molar-refractivity contribution in [3.8, 4) is 0 Å². The molecule has 0 spiro atoms. The Bertz CT molecular complexity index is 1700. The van der Waals surface area contributed by atoms with Gasteiger partial charge in [-0.25, -0.2) is 4.21 Å². The third-order valence-corrected chi connectivity index (χ3v) is 9.71. The van der Waals surface area contributed by atoms with E-state index in [1.807, 2.05) is 23.1 Å². The monoisotopic (exact) mass is 583 g/mol. The van der Waals surface area contributed by atoms with Crippen LogP contribution in [0, 0.1) is 13.8 Å². The quantitative estimate of drug-likeness (QED) is 0.285. The van der Waals surface area contributed by atoms with Crippen molar-refractivity contribution in [1.29, 1.82) is 0 Å².